The van der Waals surface area contributed by atoms with Crippen LogP contribution in [0.25, 0.3) is 5.65 Å². The number of anilines is 1. The molecule has 0 bridgehead atoms. The van der Waals surface area contributed by atoms with Crippen molar-refractivity contribution in [1.82, 2.24) is 14.4 Å². The lowest BCUT2D eigenvalue weighted by atomic mass is 10.3. The largest absolute Gasteiger partial charge is 0.377 e. The van der Waals surface area contributed by atoms with Crippen LogP contribution in [0.3, 0.4) is 0 Å². The minimum absolute atomic E-state index is 0.540. The van der Waals surface area contributed by atoms with Crippen molar-refractivity contribution in [3.8, 4) is 0 Å². The van der Waals surface area contributed by atoms with Crippen molar-refractivity contribution in [2.75, 3.05) is 5.32 Å². The van der Waals surface area contributed by atoms with Gasteiger partial charge in [-0.25, -0.2) is 9.97 Å². The van der Waals surface area contributed by atoms with E-state index in [9.17, 15) is 0 Å². The van der Waals surface area contributed by atoms with Crippen LogP contribution in [0, 0.1) is 0 Å². The van der Waals surface area contributed by atoms with E-state index in [1.165, 1.54) is 0 Å². The highest BCUT2D eigenvalue weighted by Crippen LogP contribution is 2.34. The minimum atomic E-state index is 0.540. The minimum Gasteiger partial charge on any atom is -0.377 e. The normalized spacial score (nSPS) is 11.0. The Hall–Kier alpha value is -0.820. The van der Waals surface area contributed by atoms with Gasteiger partial charge in [-0.15, -0.1) is 0 Å². The molecule has 3 rings (SSSR count). The fraction of sp³-hybridized carbons (Fsp3) is 0.0769. The molecule has 0 spiro atoms. The van der Waals surface area contributed by atoms with Crippen molar-refractivity contribution in [3.05, 3.63) is 55.5 Å². The molecule has 0 amide bonds. The molecule has 1 aromatic carbocycles. The zero-order valence-corrected chi connectivity index (χ0v) is 15.1. The van der Waals surface area contributed by atoms with Gasteiger partial charge < -0.3 is 5.32 Å². The average molecular weight is 451 g/mol. The van der Waals surface area contributed by atoms with Crippen LogP contribution >= 0.6 is 55.1 Å². The molecule has 0 radical (unpaired) electrons. The maximum Gasteiger partial charge on any atom is 0.155 e. The Morgan fingerprint density at radius 1 is 1.10 bits per heavy atom. The van der Waals surface area contributed by atoms with Gasteiger partial charge in [0.2, 0.25) is 0 Å². The Labute approximate surface area is 147 Å². The Morgan fingerprint density at radius 3 is 2.52 bits per heavy atom. The van der Waals surface area contributed by atoms with E-state index in [4.69, 9.17) is 23.2 Å². The van der Waals surface area contributed by atoms with E-state index in [0.29, 0.717) is 22.3 Å². The Bertz CT molecular complexity index is 796. The molecule has 21 heavy (non-hydrogen) atoms. The Balaban J connectivity index is 1.89. The van der Waals surface area contributed by atoms with E-state index in [1.807, 2.05) is 10.6 Å². The highest BCUT2D eigenvalue weighted by atomic mass is 79.9. The second kappa shape index (κ2) is 6.12. The molecule has 108 valence electrons. The van der Waals surface area contributed by atoms with E-state index in [-0.39, 0.29) is 0 Å². The third-order valence-corrected chi connectivity index (χ3v) is 4.36. The number of nitrogens with one attached hydrogen (secondary N) is 1. The number of hydrogen-bond acceptors (Lipinski definition) is 3. The molecular weight excluding hydrogens is 443 g/mol. The van der Waals surface area contributed by atoms with Gasteiger partial charge in [0.1, 0.15) is 4.60 Å². The van der Waals surface area contributed by atoms with Gasteiger partial charge in [0.15, 0.2) is 5.65 Å². The van der Waals surface area contributed by atoms with Crippen molar-refractivity contribution < 1.29 is 0 Å². The molecule has 2 heterocycles. The molecule has 0 fully saturated rings. The van der Waals surface area contributed by atoms with Crippen molar-refractivity contribution in [2.45, 2.75) is 6.54 Å². The number of benzene rings is 1. The van der Waals surface area contributed by atoms with Crippen LogP contribution in [-0.4, -0.2) is 14.4 Å². The summed E-state index contributed by atoms with van der Waals surface area (Å²) in [4.78, 5) is 8.44. The lowest BCUT2D eigenvalue weighted by molar-refractivity contribution is 0.983. The predicted molar refractivity (Wildman–Crippen MR) is 92.2 cm³/mol. The van der Waals surface area contributed by atoms with Gasteiger partial charge in [0.05, 0.1) is 40.4 Å². The van der Waals surface area contributed by atoms with E-state index in [1.54, 1.807) is 24.5 Å². The van der Waals surface area contributed by atoms with Crippen LogP contribution < -0.4 is 5.32 Å². The summed E-state index contributed by atoms with van der Waals surface area (Å²) in [5.74, 6) is 0. The topological polar surface area (TPSA) is 42.2 Å². The van der Waals surface area contributed by atoms with Crippen LogP contribution in [0.2, 0.25) is 10.0 Å². The Kier molecular flexibility index (Phi) is 4.40. The molecule has 2 aromatic heterocycles. The summed E-state index contributed by atoms with van der Waals surface area (Å²) >= 11 is 19.1. The molecule has 0 aliphatic carbocycles. The van der Waals surface area contributed by atoms with Crippen molar-refractivity contribution in [2.24, 2.45) is 0 Å². The van der Waals surface area contributed by atoms with Gasteiger partial charge in [0.25, 0.3) is 0 Å². The zero-order chi connectivity index (χ0) is 15.0. The SMILES string of the molecule is Clc1cc(Br)cc(Cl)c1NCc1cnc2cnc(Br)cn12. The first-order chi connectivity index (χ1) is 10.0. The molecular formula is C13H8Br2Cl2N4. The second-order valence-electron chi connectivity index (χ2n) is 4.29. The fourth-order valence-electron chi connectivity index (χ4n) is 1.94. The summed E-state index contributed by atoms with van der Waals surface area (Å²) in [5, 5.41) is 4.36. The van der Waals surface area contributed by atoms with Gasteiger partial charge in [-0.05, 0) is 28.1 Å². The van der Waals surface area contributed by atoms with E-state index in [0.717, 1.165) is 20.4 Å². The molecule has 0 saturated heterocycles. The first-order valence-electron chi connectivity index (χ1n) is 5.90. The summed E-state index contributed by atoms with van der Waals surface area (Å²) in [6.07, 6.45) is 5.36. The second-order valence-corrected chi connectivity index (χ2v) is 6.83. The van der Waals surface area contributed by atoms with Crippen molar-refractivity contribution in [1.29, 1.82) is 0 Å². The summed E-state index contributed by atoms with van der Waals surface area (Å²) in [6.45, 7) is 0.540. The van der Waals surface area contributed by atoms with Gasteiger partial charge in [-0.2, -0.15) is 0 Å². The number of rotatable bonds is 3. The Morgan fingerprint density at radius 2 is 1.81 bits per heavy atom. The third-order valence-electron chi connectivity index (χ3n) is 2.89. The number of nitrogens with zero attached hydrogens (tertiary/aromatic N) is 3. The molecule has 8 heteroatoms. The van der Waals surface area contributed by atoms with Crippen LogP contribution in [0.5, 0.6) is 0 Å². The van der Waals surface area contributed by atoms with Crippen LogP contribution in [0.4, 0.5) is 5.69 Å². The van der Waals surface area contributed by atoms with Crippen LogP contribution in [0.15, 0.2) is 39.8 Å². The first-order valence-corrected chi connectivity index (χ1v) is 8.24. The monoisotopic (exact) mass is 448 g/mol. The number of halogens is 4. The molecule has 3 aromatic rings. The van der Waals surface area contributed by atoms with E-state index < -0.39 is 0 Å². The van der Waals surface area contributed by atoms with E-state index >= 15 is 0 Å². The quantitative estimate of drug-likeness (QED) is 0.598. The molecule has 1 N–H and O–H groups in total. The summed E-state index contributed by atoms with van der Waals surface area (Å²) in [5.41, 5.74) is 2.45. The van der Waals surface area contributed by atoms with Gasteiger partial charge >= 0.3 is 0 Å². The lowest BCUT2D eigenvalue weighted by Crippen LogP contribution is -2.04. The van der Waals surface area contributed by atoms with Crippen LogP contribution in [-0.2, 0) is 6.54 Å². The first kappa shape index (κ1) is 15.1. The van der Waals surface area contributed by atoms with E-state index in [2.05, 4.69) is 47.1 Å². The molecule has 0 saturated carbocycles. The number of hydrogen-bond donors (Lipinski definition) is 1. The number of aromatic nitrogens is 3. The zero-order valence-electron chi connectivity index (χ0n) is 10.4. The standard InChI is InChI=1S/C13H8Br2Cl2N4/c14-7-1-9(16)13(10(17)2-7)20-4-8-3-19-12-5-18-11(15)6-21(8)12/h1-3,5-6,20H,4H2. The lowest BCUT2D eigenvalue weighted by Gasteiger charge is -2.11. The smallest absolute Gasteiger partial charge is 0.155 e. The van der Waals surface area contributed by atoms with Gasteiger partial charge in [-0.1, -0.05) is 39.1 Å². The van der Waals surface area contributed by atoms with Crippen LogP contribution in [0.1, 0.15) is 5.69 Å². The van der Waals surface area contributed by atoms with Crippen molar-refractivity contribution >= 4 is 66.4 Å². The average Bonchev–Trinajstić information content (AvgIpc) is 2.80. The van der Waals surface area contributed by atoms with Gasteiger partial charge in [0, 0.05) is 10.7 Å². The van der Waals surface area contributed by atoms with Gasteiger partial charge in [-0.3, -0.25) is 4.40 Å². The predicted octanol–water partition coefficient (Wildman–Crippen LogP) is 5.17. The number of fused-ring (bicyclic) bond motifs is 1. The number of imidazole rings is 1. The maximum atomic E-state index is 6.20. The fourth-order valence-corrected chi connectivity index (χ4v) is 3.59. The molecule has 0 aliphatic rings. The summed E-state index contributed by atoms with van der Waals surface area (Å²) in [7, 11) is 0. The highest BCUT2D eigenvalue weighted by Gasteiger charge is 2.09. The molecule has 4 nitrogen and oxygen atoms in total. The maximum absolute atomic E-state index is 6.20. The highest BCUT2D eigenvalue weighted by molar-refractivity contribution is 9.10. The molecule has 0 aliphatic heterocycles. The molecule has 0 atom stereocenters. The summed E-state index contributed by atoms with van der Waals surface area (Å²) in [6, 6.07) is 3.59. The molecule has 0 unspecified atom stereocenters. The summed E-state index contributed by atoms with van der Waals surface area (Å²) < 4.78 is 3.53. The third kappa shape index (κ3) is 3.18. The van der Waals surface area contributed by atoms with Crippen molar-refractivity contribution in [3.63, 3.8) is 0 Å².